The lowest BCUT2D eigenvalue weighted by Gasteiger charge is -2.04. The highest BCUT2D eigenvalue weighted by molar-refractivity contribution is 9.10. The van der Waals surface area contributed by atoms with Crippen molar-refractivity contribution >= 4 is 27.7 Å². The predicted octanol–water partition coefficient (Wildman–Crippen LogP) is 0.449. The molecule has 0 aliphatic carbocycles. The first-order valence-electron chi connectivity index (χ1n) is 4.28. The first-order valence-corrected chi connectivity index (χ1v) is 5.07. The minimum Gasteiger partial charge on any atom is -0.370 e. The molecule has 2 amide bonds. The summed E-state index contributed by atoms with van der Waals surface area (Å²) in [6.45, 7) is 0.219. The number of nitrogens with two attached hydrogens (primary N) is 1. The maximum atomic E-state index is 11.5. The molecular formula is C9H10BrN3O2. The topological polar surface area (TPSA) is 85.1 Å². The summed E-state index contributed by atoms with van der Waals surface area (Å²) in [5.41, 5.74) is 5.23. The number of hydrogen-bond acceptors (Lipinski definition) is 3. The van der Waals surface area contributed by atoms with Gasteiger partial charge in [-0.25, -0.2) is 4.98 Å². The van der Waals surface area contributed by atoms with Crippen molar-refractivity contribution in [2.75, 3.05) is 6.54 Å². The summed E-state index contributed by atoms with van der Waals surface area (Å²) >= 11 is 3.20. The fraction of sp³-hybridized carbons (Fsp3) is 0.222. The number of carbonyl (C=O) groups excluding carboxylic acids is 2. The minimum absolute atomic E-state index is 0.121. The molecule has 15 heavy (non-hydrogen) atoms. The zero-order valence-corrected chi connectivity index (χ0v) is 9.45. The smallest absolute Gasteiger partial charge is 0.271 e. The SMILES string of the molecule is NC(=O)CCNC(=O)c1ncccc1Br. The van der Waals surface area contributed by atoms with E-state index in [0.717, 1.165) is 0 Å². The van der Waals surface area contributed by atoms with Crippen LogP contribution in [0.15, 0.2) is 22.8 Å². The van der Waals surface area contributed by atoms with Crippen molar-refractivity contribution in [3.63, 3.8) is 0 Å². The third-order valence-corrected chi connectivity index (χ3v) is 2.27. The second-order valence-electron chi connectivity index (χ2n) is 2.81. The molecule has 1 rings (SSSR count). The Hall–Kier alpha value is -1.43. The lowest BCUT2D eigenvalue weighted by Crippen LogP contribution is -2.28. The molecule has 6 heteroatoms. The highest BCUT2D eigenvalue weighted by atomic mass is 79.9. The highest BCUT2D eigenvalue weighted by Gasteiger charge is 2.10. The van der Waals surface area contributed by atoms with Crippen molar-refractivity contribution in [2.45, 2.75) is 6.42 Å². The zero-order chi connectivity index (χ0) is 11.3. The van der Waals surface area contributed by atoms with Crippen LogP contribution in [0.4, 0.5) is 0 Å². The Morgan fingerprint density at radius 3 is 2.87 bits per heavy atom. The Morgan fingerprint density at radius 1 is 1.53 bits per heavy atom. The minimum atomic E-state index is -0.449. The van der Waals surface area contributed by atoms with E-state index in [2.05, 4.69) is 26.2 Å². The molecule has 0 atom stereocenters. The molecule has 0 aromatic carbocycles. The second-order valence-corrected chi connectivity index (χ2v) is 3.66. The summed E-state index contributed by atoms with van der Waals surface area (Å²) in [6, 6.07) is 3.43. The molecule has 0 saturated carbocycles. The Balaban J connectivity index is 2.54. The van der Waals surface area contributed by atoms with Gasteiger partial charge >= 0.3 is 0 Å². The van der Waals surface area contributed by atoms with Gasteiger partial charge in [-0.1, -0.05) is 0 Å². The van der Waals surface area contributed by atoms with E-state index in [9.17, 15) is 9.59 Å². The highest BCUT2D eigenvalue weighted by Crippen LogP contribution is 2.12. The fourth-order valence-corrected chi connectivity index (χ4v) is 1.37. The molecule has 1 aromatic rings. The summed E-state index contributed by atoms with van der Waals surface area (Å²) in [7, 11) is 0. The van der Waals surface area contributed by atoms with Crippen LogP contribution in [0.1, 0.15) is 16.9 Å². The van der Waals surface area contributed by atoms with E-state index in [1.54, 1.807) is 12.1 Å². The van der Waals surface area contributed by atoms with Gasteiger partial charge < -0.3 is 11.1 Å². The molecule has 0 aliphatic heterocycles. The van der Waals surface area contributed by atoms with E-state index in [0.29, 0.717) is 10.2 Å². The van der Waals surface area contributed by atoms with E-state index < -0.39 is 5.91 Å². The van der Waals surface area contributed by atoms with E-state index in [1.165, 1.54) is 6.20 Å². The van der Waals surface area contributed by atoms with Crippen LogP contribution in [0, 0.1) is 0 Å². The number of amides is 2. The first-order chi connectivity index (χ1) is 7.11. The number of pyridine rings is 1. The van der Waals surface area contributed by atoms with Crippen molar-refractivity contribution in [2.24, 2.45) is 5.73 Å². The molecule has 0 bridgehead atoms. The molecule has 80 valence electrons. The quantitative estimate of drug-likeness (QED) is 0.834. The monoisotopic (exact) mass is 271 g/mol. The lowest BCUT2D eigenvalue weighted by atomic mass is 10.3. The maximum absolute atomic E-state index is 11.5. The number of primary amides is 1. The lowest BCUT2D eigenvalue weighted by molar-refractivity contribution is -0.117. The Bertz CT molecular complexity index is 381. The molecule has 1 heterocycles. The molecule has 0 saturated heterocycles. The van der Waals surface area contributed by atoms with E-state index in [1.807, 2.05) is 0 Å². The average molecular weight is 272 g/mol. The predicted molar refractivity (Wildman–Crippen MR) is 58.1 cm³/mol. The molecular weight excluding hydrogens is 262 g/mol. The van der Waals surface area contributed by atoms with Gasteiger partial charge in [0.15, 0.2) is 0 Å². The second kappa shape index (κ2) is 5.45. The fourth-order valence-electron chi connectivity index (χ4n) is 0.936. The Morgan fingerprint density at radius 2 is 2.27 bits per heavy atom. The van der Waals surface area contributed by atoms with Crippen molar-refractivity contribution in [1.82, 2.24) is 10.3 Å². The van der Waals surface area contributed by atoms with Crippen molar-refractivity contribution in [3.8, 4) is 0 Å². The van der Waals surface area contributed by atoms with Crippen molar-refractivity contribution < 1.29 is 9.59 Å². The van der Waals surface area contributed by atoms with Crippen molar-refractivity contribution in [1.29, 1.82) is 0 Å². The maximum Gasteiger partial charge on any atom is 0.271 e. The average Bonchev–Trinajstić information content (AvgIpc) is 2.17. The first kappa shape index (κ1) is 11.6. The van der Waals surface area contributed by atoms with Crippen LogP contribution in [0.2, 0.25) is 0 Å². The molecule has 0 spiro atoms. The standard InChI is InChI=1S/C9H10BrN3O2/c10-6-2-1-4-12-8(6)9(15)13-5-3-7(11)14/h1-2,4H,3,5H2,(H2,11,14)(H,13,15). The van der Waals surface area contributed by atoms with Crippen LogP contribution < -0.4 is 11.1 Å². The molecule has 1 aromatic heterocycles. The van der Waals surface area contributed by atoms with Crippen LogP contribution in [-0.4, -0.2) is 23.3 Å². The van der Waals surface area contributed by atoms with Crippen LogP contribution in [0.25, 0.3) is 0 Å². The van der Waals surface area contributed by atoms with Gasteiger partial charge in [-0.15, -0.1) is 0 Å². The van der Waals surface area contributed by atoms with Gasteiger partial charge in [0, 0.05) is 23.6 Å². The van der Waals surface area contributed by atoms with Gasteiger partial charge in [0.2, 0.25) is 5.91 Å². The molecule has 0 aliphatic rings. The van der Waals surface area contributed by atoms with Gasteiger partial charge in [0.25, 0.3) is 5.91 Å². The Labute approximate surface area is 95.2 Å². The number of nitrogens with zero attached hydrogens (tertiary/aromatic N) is 1. The summed E-state index contributed by atoms with van der Waals surface area (Å²) in [4.78, 5) is 25.8. The number of rotatable bonds is 4. The van der Waals surface area contributed by atoms with E-state index >= 15 is 0 Å². The number of halogens is 1. The third kappa shape index (κ3) is 3.67. The van der Waals surface area contributed by atoms with Crippen LogP contribution >= 0.6 is 15.9 Å². The van der Waals surface area contributed by atoms with Gasteiger partial charge in [-0.05, 0) is 28.1 Å². The summed E-state index contributed by atoms with van der Waals surface area (Å²) < 4.78 is 0.613. The summed E-state index contributed by atoms with van der Waals surface area (Å²) in [6.07, 6.45) is 1.64. The largest absolute Gasteiger partial charge is 0.370 e. The molecule has 0 radical (unpaired) electrons. The van der Waals surface area contributed by atoms with Gasteiger partial charge in [-0.2, -0.15) is 0 Å². The Kier molecular flexibility index (Phi) is 4.23. The molecule has 5 nitrogen and oxygen atoms in total. The van der Waals surface area contributed by atoms with Crippen molar-refractivity contribution in [3.05, 3.63) is 28.5 Å². The molecule has 0 unspecified atom stereocenters. The normalized spacial score (nSPS) is 9.67. The number of carbonyl (C=O) groups is 2. The number of aromatic nitrogens is 1. The van der Waals surface area contributed by atoms with E-state index in [-0.39, 0.29) is 18.9 Å². The van der Waals surface area contributed by atoms with Crippen LogP contribution in [0.3, 0.4) is 0 Å². The summed E-state index contributed by atoms with van der Waals surface area (Å²) in [5, 5.41) is 2.54. The van der Waals surface area contributed by atoms with E-state index in [4.69, 9.17) is 5.73 Å². The van der Waals surface area contributed by atoms with Crippen LogP contribution in [-0.2, 0) is 4.79 Å². The number of hydrogen-bond donors (Lipinski definition) is 2. The summed E-state index contributed by atoms with van der Waals surface area (Å²) in [5.74, 6) is -0.779. The van der Waals surface area contributed by atoms with Gasteiger partial charge in [0.05, 0.1) is 0 Å². The van der Waals surface area contributed by atoms with Gasteiger partial charge in [-0.3, -0.25) is 9.59 Å². The molecule has 3 N–H and O–H groups in total. The molecule has 0 fully saturated rings. The zero-order valence-electron chi connectivity index (χ0n) is 7.87. The van der Waals surface area contributed by atoms with Gasteiger partial charge in [0.1, 0.15) is 5.69 Å². The third-order valence-electron chi connectivity index (χ3n) is 1.63. The number of nitrogens with one attached hydrogen (secondary N) is 1. The van der Waals surface area contributed by atoms with Crippen LogP contribution in [0.5, 0.6) is 0 Å².